The van der Waals surface area contributed by atoms with Crippen molar-refractivity contribution in [3.05, 3.63) is 60.4 Å². The summed E-state index contributed by atoms with van der Waals surface area (Å²) >= 11 is 0. The van der Waals surface area contributed by atoms with Crippen LogP contribution in [-0.2, 0) is 26.0 Å². The van der Waals surface area contributed by atoms with Gasteiger partial charge in [-0.3, -0.25) is 24.2 Å². The number of nitrogens with zero attached hydrogens (tertiary/aromatic N) is 2. The van der Waals surface area contributed by atoms with E-state index in [0.717, 1.165) is 11.2 Å². The molecule has 8 nitrogen and oxygen atoms in total. The van der Waals surface area contributed by atoms with E-state index in [1.54, 1.807) is 18.2 Å². The zero-order valence-electron chi connectivity index (χ0n) is 19.1. The third-order valence-electron chi connectivity index (χ3n) is 5.36. The van der Waals surface area contributed by atoms with Crippen LogP contribution in [0.3, 0.4) is 0 Å². The highest BCUT2D eigenvalue weighted by molar-refractivity contribution is 7.92. The maximum Gasteiger partial charge on any atom is 0.393 e. The van der Waals surface area contributed by atoms with E-state index >= 15 is 0 Å². The number of sulfonamides is 1. The normalized spacial score (nSPS) is 14.4. The van der Waals surface area contributed by atoms with E-state index < -0.39 is 40.7 Å². The number of rotatable bonds is 6. The Labute approximate surface area is 204 Å². The summed E-state index contributed by atoms with van der Waals surface area (Å²) < 4.78 is 70.8. The Morgan fingerprint density at radius 2 is 1.81 bits per heavy atom. The molecule has 4 rings (SSSR count). The van der Waals surface area contributed by atoms with E-state index in [9.17, 15) is 31.2 Å². The summed E-state index contributed by atoms with van der Waals surface area (Å²) in [4.78, 5) is 29.7. The quantitative estimate of drug-likeness (QED) is 0.490. The van der Waals surface area contributed by atoms with Crippen LogP contribution in [0.4, 0.5) is 24.5 Å². The van der Waals surface area contributed by atoms with Gasteiger partial charge in [0.2, 0.25) is 15.9 Å². The van der Waals surface area contributed by atoms with Gasteiger partial charge in [0.15, 0.2) is 5.78 Å². The number of anilines is 2. The van der Waals surface area contributed by atoms with Crippen LogP contribution in [0.2, 0.25) is 0 Å². The number of carbonyl (C=O) groups excluding carboxylic acids is 2. The molecule has 1 N–H and O–H groups in total. The number of pyridine rings is 1. The average molecular weight is 520 g/mol. The van der Waals surface area contributed by atoms with Crippen LogP contribution in [0.5, 0.6) is 5.75 Å². The van der Waals surface area contributed by atoms with Gasteiger partial charge in [0.25, 0.3) is 0 Å². The predicted molar refractivity (Wildman–Crippen MR) is 128 cm³/mol. The molecule has 0 saturated heterocycles. The molecule has 1 amide bonds. The fourth-order valence-electron chi connectivity index (χ4n) is 3.94. The number of ketones is 1. The van der Waals surface area contributed by atoms with Crippen molar-refractivity contribution in [1.29, 1.82) is 0 Å². The van der Waals surface area contributed by atoms with Gasteiger partial charge in [0.1, 0.15) is 5.75 Å². The maximum atomic E-state index is 13.4. The van der Waals surface area contributed by atoms with Crippen LogP contribution in [0.25, 0.3) is 22.0 Å². The summed E-state index contributed by atoms with van der Waals surface area (Å²) in [6.45, 7) is 0. The van der Waals surface area contributed by atoms with Crippen molar-refractivity contribution in [2.45, 2.75) is 19.0 Å². The van der Waals surface area contributed by atoms with Gasteiger partial charge in [0, 0.05) is 34.6 Å². The Morgan fingerprint density at radius 1 is 1.11 bits per heavy atom. The van der Waals surface area contributed by atoms with Gasteiger partial charge in [-0.25, -0.2) is 8.42 Å². The molecule has 0 atom stereocenters. The largest absolute Gasteiger partial charge is 0.496 e. The average Bonchev–Trinajstić information content (AvgIpc) is 2.77. The van der Waals surface area contributed by atoms with Gasteiger partial charge in [-0.15, -0.1) is 0 Å². The van der Waals surface area contributed by atoms with E-state index in [0.29, 0.717) is 16.8 Å². The number of nitrogens with one attached hydrogen (secondary N) is 1. The number of aromatic nitrogens is 1. The van der Waals surface area contributed by atoms with E-state index in [1.165, 1.54) is 43.8 Å². The number of fused-ring (bicyclic) bond motifs is 1. The molecule has 0 unspecified atom stereocenters. The number of alkyl halides is 3. The standard InChI is InChI=1S/C24H20F3N3O5S/c1-35-23-15(12-24(25,26)27)10-20(30-8-7-18(31)11-21(30)32)22-19(23)9-16(13-28-22)14-3-5-17(6-4-14)29-36(2,33)34/h3-10,13,29H,11-12H2,1-2H3. The molecular formula is C24H20F3N3O5S. The molecule has 188 valence electrons. The highest BCUT2D eigenvalue weighted by atomic mass is 32.2. The van der Waals surface area contributed by atoms with Crippen LogP contribution in [-0.4, -0.2) is 44.6 Å². The van der Waals surface area contributed by atoms with Gasteiger partial charge in [-0.05, 0) is 35.9 Å². The molecule has 0 bridgehead atoms. The molecular weight excluding hydrogens is 499 g/mol. The lowest BCUT2D eigenvalue weighted by atomic mass is 9.99. The lowest BCUT2D eigenvalue weighted by Crippen LogP contribution is -2.31. The molecule has 0 fully saturated rings. The molecule has 1 aliphatic heterocycles. The van der Waals surface area contributed by atoms with Crippen LogP contribution in [0, 0.1) is 0 Å². The zero-order valence-corrected chi connectivity index (χ0v) is 19.9. The molecule has 2 heterocycles. The van der Waals surface area contributed by atoms with Crippen LogP contribution in [0.15, 0.2) is 54.9 Å². The predicted octanol–water partition coefficient (Wildman–Crippen LogP) is 4.21. The number of benzene rings is 2. The molecule has 0 radical (unpaired) electrons. The van der Waals surface area contributed by atoms with Crippen LogP contribution in [0.1, 0.15) is 12.0 Å². The molecule has 1 aromatic heterocycles. The van der Waals surface area contributed by atoms with E-state index in [2.05, 4.69) is 9.71 Å². The number of hydrogen-bond acceptors (Lipinski definition) is 6. The van der Waals surface area contributed by atoms with Gasteiger partial charge < -0.3 is 4.74 Å². The Morgan fingerprint density at radius 3 is 2.39 bits per heavy atom. The summed E-state index contributed by atoms with van der Waals surface area (Å²) in [5.74, 6) is -1.04. The molecule has 2 aromatic carbocycles. The highest BCUT2D eigenvalue weighted by Crippen LogP contribution is 2.41. The SMILES string of the molecule is COc1c(CC(F)(F)F)cc(N2C=CC(=O)CC2=O)c2ncc(-c3ccc(NS(C)(=O)=O)cc3)cc12. The first-order chi connectivity index (χ1) is 16.8. The van der Waals surface area contributed by atoms with Crippen molar-refractivity contribution in [2.24, 2.45) is 0 Å². The smallest absolute Gasteiger partial charge is 0.393 e. The molecule has 0 aliphatic carbocycles. The number of methoxy groups -OCH3 is 1. The van der Waals surface area contributed by atoms with Gasteiger partial charge in [0.05, 0.1) is 37.4 Å². The molecule has 12 heteroatoms. The number of allylic oxidation sites excluding steroid dienone is 1. The molecule has 1 aliphatic rings. The summed E-state index contributed by atoms with van der Waals surface area (Å²) in [6.07, 6.45) is -1.36. The second-order valence-corrected chi connectivity index (χ2v) is 9.92. The highest BCUT2D eigenvalue weighted by Gasteiger charge is 2.32. The third-order valence-corrected chi connectivity index (χ3v) is 5.96. The van der Waals surface area contributed by atoms with Crippen molar-refractivity contribution in [1.82, 2.24) is 4.98 Å². The number of amides is 1. The van der Waals surface area contributed by atoms with Crippen molar-refractivity contribution in [3.63, 3.8) is 0 Å². The zero-order chi connectivity index (χ0) is 26.3. The van der Waals surface area contributed by atoms with Crippen molar-refractivity contribution >= 4 is 44.0 Å². The lowest BCUT2D eigenvalue weighted by Gasteiger charge is -2.24. The van der Waals surface area contributed by atoms with Crippen molar-refractivity contribution < 1.29 is 35.9 Å². The first kappa shape index (κ1) is 25.2. The second-order valence-electron chi connectivity index (χ2n) is 8.17. The Hall–Kier alpha value is -3.93. The fraction of sp³-hybridized carbons (Fsp3) is 0.208. The summed E-state index contributed by atoms with van der Waals surface area (Å²) in [5, 5.41) is 0.239. The van der Waals surface area contributed by atoms with Gasteiger partial charge >= 0.3 is 6.18 Å². The number of hydrogen-bond donors (Lipinski definition) is 1. The molecule has 0 spiro atoms. The van der Waals surface area contributed by atoms with E-state index in [1.807, 2.05) is 0 Å². The number of halogens is 3. The minimum Gasteiger partial charge on any atom is -0.496 e. The number of carbonyl (C=O) groups is 2. The monoisotopic (exact) mass is 519 g/mol. The summed E-state index contributed by atoms with van der Waals surface area (Å²) in [6, 6.07) is 9.13. The lowest BCUT2D eigenvalue weighted by molar-refractivity contribution is -0.127. The fourth-order valence-corrected chi connectivity index (χ4v) is 4.50. The molecule has 0 saturated carbocycles. The Bertz CT molecular complexity index is 1500. The minimum atomic E-state index is -4.55. The Kier molecular flexibility index (Phi) is 6.48. The number of ether oxygens (including phenoxy) is 1. The minimum absolute atomic E-state index is 0.0414. The molecule has 36 heavy (non-hydrogen) atoms. The molecule has 3 aromatic rings. The van der Waals surface area contributed by atoms with Crippen molar-refractivity contribution in [2.75, 3.05) is 23.0 Å². The second kappa shape index (κ2) is 9.26. The maximum absolute atomic E-state index is 13.4. The van der Waals surface area contributed by atoms with E-state index in [4.69, 9.17) is 4.74 Å². The first-order valence-electron chi connectivity index (χ1n) is 10.5. The third kappa shape index (κ3) is 5.48. The van der Waals surface area contributed by atoms with Crippen LogP contribution >= 0.6 is 0 Å². The van der Waals surface area contributed by atoms with Gasteiger partial charge in [-0.2, -0.15) is 13.2 Å². The van der Waals surface area contributed by atoms with Crippen LogP contribution < -0.4 is 14.4 Å². The topological polar surface area (TPSA) is 106 Å². The van der Waals surface area contributed by atoms with Gasteiger partial charge in [-0.1, -0.05) is 12.1 Å². The first-order valence-corrected chi connectivity index (χ1v) is 12.4. The summed E-state index contributed by atoms with van der Waals surface area (Å²) in [7, 11) is -2.22. The Balaban J connectivity index is 1.89. The van der Waals surface area contributed by atoms with E-state index in [-0.39, 0.29) is 27.9 Å². The summed E-state index contributed by atoms with van der Waals surface area (Å²) in [5.41, 5.74) is 1.59. The van der Waals surface area contributed by atoms with Crippen molar-refractivity contribution in [3.8, 4) is 16.9 Å².